The van der Waals surface area contributed by atoms with Gasteiger partial charge in [-0.25, -0.2) is 0 Å². The van der Waals surface area contributed by atoms with Gasteiger partial charge < -0.3 is 9.80 Å². The summed E-state index contributed by atoms with van der Waals surface area (Å²) in [7, 11) is 0. The highest BCUT2D eigenvalue weighted by Crippen LogP contribution is 2.22. The van der Waals surface area contributed by atoms with Crippen LogP contribution in [-0.2, 0) is 16.1 Å². The molecule has 0 atom stereocenters. The third kappa shape index (κ3) is 3.25. The van der Waals surface area contributed by atoms with Gasteiger partial charge in [0.15, 0.2) is 0 Å². The van der Waals surface area contributed by atoms with Crippen LogP contribution in [0.2, 0.25) is 0 Å². The lowest BCUT2D eigenvalue weighted by atomic mass is 10.1. The van der Waals surface area contributed by atoms with Crippen LogP contribution in [-0.4, -0.2) is 46.1 Å². The average molecular weight is 359 g/mol. The number of hydrogen-bond donors (Lipinski definition) is 0. The van der Waals surface area contributed by atoms with Gasteiger partial charge in [-0.05, 0) is 18.2 Å². The van der Waals surface area contributed by atoms with Crippen LogP contribution in [0.4, 0.5) is 5.69 Å². The molecule has 1 aromatic heterocycles. The van der Waals surface area contributed by atoms with Crippen molar-refractivity contribution in [3.8, 4) is 6.07 Å². The molecule has 0 saturated carbocycles. The summed E-state index contributed by atoms with van der Waals surface area (Å²) in [5, 5.41) is 14.6. The summed E-state index contributed by atoms with van der Waals surface area (Å²) in [6, 6.07) is 16.8. The predicted molar refractivity (Wildman–Crippen MR) is 99.8 cm³/mol. The number of fused-ring (bicyclic) bond motifs is 1. The number of piperazine rings is 1. The maximum atomic E-state index is 12.6. The van der Waals surface area contributed by atoms with Crippen LogP contribution in [0.3, 0.4) is 0 Å². The second-order valence-corrected chi connectivity index (χ2v) is 6.38. The third-order valence-electron chi connectivity index (χ3n) is 4.65. The monoisotopic (exact) mass is 359 g/mol. The van der Waals surface area contributed by atoms with E-state index >= 15 is 0 Å². The van der Waals surface area contributed by atoms with Crippen molar-refractivity contribution in [3.63, 3.8) is 0 Å². The number of para-hydroxylation sites is 1. The number of nitriles is 1. The van der Waals surface area contributed by atoms with Crippen LogP contribution in [0.5, 0.6) is 0 Å². The van der Waals surface area contributed by atoms with Gasteiger partial charge >= 0.3 is 0 Å². The Hall–Kier alpha value is -3.66. The van der Waals surface area contributed by atoms with Gasteiger partial charge in [-0.1, -0.05) is 30.3 Å². The van der Waals surface area contributed by atoms with Crippen molar-refractivity contribution in [2.24, 2.45) is 0 Å². The average Bonchev–Trinajstić information content (AvgIpc) is 3.10. The van der Waals surface area contributed by atoms with Crippen molar-refractivity contribution >= 4 is 28.4 Å². The second-order valence-electron chi connectivity index (χ2n) is 6.38. The molecule has 1 aliphatic heterocycles. The normalized spacial score (nSPS) is 14.4. The minimum Gasteiger partial charge on any atom is -0.330 e. The van der Waals surface area contributed by atoms with Crippen molar-refractivity contribution in [1.82, 2.24) is 14.7 Å². The Kier molecular flexibility index (Phi) is 4.30. The van der Waals surface area contributed by atoms with E-state index in [0.717, 1.165) is 10.9 Å². The standard InChI is InChI=1S/C20H17N5O2/c21-11-15-5-2-4-8-18(15)25-10-9-23(13-20(25)27)19(26)14-24-12-16-6-1-3-7-17(16)22-24/h1-8,12H,9-10,13-14H2. The van der Waals surface area contributed by atoms with Crippen molar-refractivity contribution in [2.75, 3.05) is 24.5 Å². The summed E-state index contributed by atoms with van der Waals surface area (Å²) in [6.45, 7) is 0.881. The van der Waals surface area contributed by atoms with Crippen molar-refractivity contribution in [3.05, 3.63) is 60.3 Å². The Morgan fingerprint density at radius 2 is 1.89 bits per heavy atom. The molecule has 0 radical (unpaired) electrons. The minimum absolute atomic E-state index is 0.000611. The highest BCUT2D eigenvalue weighted by atomic mass is 16.2. The number of carbonyl (C=O) groups excluding carboxylic acids is 2. The summed E-state index contributed by atoms with van der Waals surface area (Å²) in [4.78, 5) is 28.3. The second kappa shape index (κ2) is 6.92. The molecule has 2 heterocycles. The summed E-state index contributed by atoms with van der Waals surface area (Å²) in [6.07, 6.45) is 1.83. The first-order chi connectivity index (χ1) is 13.2. The first kappa shape index (κ1) is 16.8. The zero-order valence-electron chi connectivity index (χ0n) is 14.6. The zero-order chi connectivity index (χ0) is 18.8. The molecule has 0 spiro atoms. The van der Waals surface area contributed by atoms with E-state index in [4.69, 9.17) is 0 Å². The Morgan fingerprint density at radius 1 is 1.11 bits per heavy atom. The molecule has 1 fully saturated rings. The fourth-order valence-corrected chi connectivity index (χ4v) is 3.28. The van der Waals surface area contributed by atoms with Gasteiger partial charge in [-0.2, -0.15) is 10.4 Å². The number of rotatable bonds is 3. The maximum Gasteiger partial charge on any atom is 0.246 e. The van der Waals surface area contributed by atoms with Crippen LogP contribution in [0.15, 0.2) is 54.7 Å². The Balaban J connectivity index is 1.45. The van der Waals surface area contributed by atoms with Crippen LogP contribution in [0.1, 0.15) is 5.56 Å². The number of amides is 2. The third-order valence-corrected chi connectivity index (χ3v) is 4.65. The molecule has 4 rings (SSSR count). The fraction of sp³-hybridized carbons (Fsp3) is 0.200. The molecule has 3 aromatic rings. The molecular weight excluding hydrogens is 342 g/mol. The van der Waals surface area contributed by atoms with E-state index in [1.165, 1.54) is 0 Å². The fourth-order valence-electron chi connectivity index (χ4n) is 3.28. The number of carbonyl (C=O) groups is 2. The number of nitrogens with zero attached hydrogens (tertiary/aromatic N) is 5. The number of aromatic nitrogens is 2. The van der Waals surface area contributed by atoms with Crippen LogP contribution in [0, 0.1) is 11.3 Å². The largest absolute Gasteiger partial charge is 0.330 e. The molecule has 2 amide bonds. The van der Waals surface area contributed by atoms with E-state index in [2.05, 4.69) is 11.2 Å². The molecule has 1 aliphatic rings. The highest BCUT2D eigenvalue weighted by molar-refractivity contribution is 5.98. The molecule has 7 heteroatoms. The smallest absolute Gasteiger partial charge is 0.246 e. The first-order valence-corrected chi connectivity index (χ1v) is 8.65. The summed E-state index contributed by atoms with van der Waals surface area (Å²) < 4.78 is 1.61. The maximum absolute atomic E-state index is 12.6. The van der Waals surface area contributed by atoms with E-state index in [9.17, 15) is 14.9 Å². The molecule has 0 N–H and O–H groups in total. The zero-order valence-corrected chi connectivity index (χ0v) is 14.6. The predicted octanol–water partition coefficient (Wildman–Crippen LogP) is 1.78. The van der Waals surface area contributed by atoms with Crippen molar-refractivity contribution < 1.29 is 9.59 Å². The van der Waals surface area contributed by atoms with Crippen molar-refractivity contribution in [2.45, 2.75) is 6.54 Å². The molecule has 27 heavy (non-hydrogen) atoms. The summed E-state index contributed by atoms with van der Waals surface area (Å²) in [5.74, 6) is -0.340. The highest BCUT2D eigenvalue weighted by Gasteiger charge is 2.29. The molecular formula is C20H17N5O2. The first-order valence-electron chi connectivity index (χ1n) is 8.65. The lowest BCUT2D eigenvalue weighted by Gasteiger charge is -2.34. The lowest BCUT2D eigenvalue weighted by molar-refractivity contribution is -0.137. The van der Waals surface area contributed by atoms with E-state index in [-0.39, 0.29) is 24.9 Å². The van der Waals surface area contributed by atoms with E-state index in [1.807, 2.05) is 30.5 Å². The van der Waals surface area contributed by atoms with Gasteiger partial charge in [0.2, 0.25) is 11.8 Å². The van der Waals surface area contributed by atoms with Gasteiger partial charge in [0.05, 0.1) is 16.8 Å². The van der Waals surface area contributed by atoms with Gasteiger partial charge in [-0.15, -0.1) is 0 Å². The summed E-state index contributed by atoms with van der Waals surface area (Å²) in [5.41, 5.74) is 1.88. The quantitative estimate of drug-likeness (QED) is 0.714. The Bertz CT molecular complexity index is 1030. The molecule has 134 valence electrons. The minimum atomic E-state index is -0.192. The van der Waals surface area contributed by atoms with Gasteiger partial charge in [0.1, 0.15) is 19.2 Å². The molecule has 0 unspecified atom stereocenters. The van der Waals surface area contributed by atoms with E-state index in [0.29, 0.717) is 24.3 Å². The van der Waals surface area contributed by atoms with Gasteiger partial charge in [0, 0.05) is 24.7 Å². The topological polar surface area (TPSA) is 82.2 Å². The number of hydrogen-bond acceptors (Lipinski definition) is 4. The lowest BCUT2D eigenvalue weighted by Crippen LogP contribution is -2.53. The van der Waals surface area contributed by atoms with Gasteiger partial charge in [-0.3, -0.25) is 14.3 Å². The molecule has 7 nitrogen and oxygen atoms in total. The Labute approximate surface area is 156 Å². The van der Waals surface area contributed by atoms with E-state index < -0.39 is 0 Å². The van der Waals surface area contributed by atoms with Crippen LogP contribution < -0.4 is 4.90 Å². The Morgan fingerprint density at radius 3 is 2.67 bits per heavy atom. The SMILES string of the molecule is N#Cc1ccccc1N1CCN(C(=O)Cn2cc3ccccc3n2)CC1=O. The summed E-state index contributed by atoms with van der Waals surface area (Å²) >= 11 is 0. The van der Waals surface area contributed by atoms with Crippen LogP contribution in [0.25, 0.3) is 10.9 Å². The molecule has 0 aliphatic carbocycles. The molecule has 0 bridgehead atoms. The molecule has 1 saturated heterocycles. The van der Waals surface area contributed by atoms with Crippen LogP contribution >= 0.6 is 0 Å². The van der Waals surface area contributed by atoms with Gasteiger partial charge in [0.25, 0.3) is 0 Å². The van der Waals surface area contributed by atoms with Crippen molar-refractivity contribution in [1.29, 1.82) is 5.26 Å². The van der Waals surface area contributed by atoms with E-state index in [1.54, 1.807) is 38.7 Å². The number of anilines is 1. The molecule has 2 aromatic carbocycles. The number of benzene rings is 2.